The number of methoxy groups -OCH3 is 1. The summed E-state index contributed by atoms with van der Waals surface area (Å²) in [5.74, 6) is -4.38. The van der Waals surface area contributed by atoms with Gasteiger partial charge in [0.25, 0.3) is 0 Å². The van der Waals surface area contributed by atoms with Crippen LogP contribution in [-0.2, 0) is 35.1 Å². The Bertz CT molecular complexity index is 907. The average Bonchev–Trinajstić information content (AvgIpc) is 2.87. The summed E-state index contributed by atoms with van der Waals surface area (Å²) in [6.45, 7) is 7.21. The van der Waals surface area contributed by atoms with E-state index in [1.165, 1.54) is 12.1 Å². The van der Waals surface area contributed by atoms with E-state index in [0.29, 0.717) is 25.3 Å². The zero-order valence-electron chi connectivity index (χ0n) is 22.0. The number of carboxylic acid groups (broad SMARTS) is 1. The Hall–Kier alpha value is -2.77. The fourth-order valence-electron chi connectivity index (χ4n) is 3.53. The third-order valence-corrected chi connectivity index (χ3v) is 5.62. The Morgan fingerprint density at radius 3 is 2.49 bits per heavy atom. The highest BCUT2D eigenvalue weighted by molar-refractivity contribution is 5.73. The molecule has 1 fully saturated rings. The van der Waals surface area contributed by atoms with E-state index in [9.17, 15) is 26.7 Å². The molecular weight excluding hydrogens is 533 g/mol. The first-order valence-corrected chi connectivity index (χ1v) is 12.4. The van der Waals surface area contributed by atoms with E-state index in [1.54, 1.807) is 7.11 Å². The van der Waals surface area contributed by atoms with Crippen molar-refractivity contribution in [3.05, 3.63) is 47.7 Å². The van der Waals surface area contributed by atoms with Crippen molar-refractivity contribution in [2.75, 3.05) is 26.9 Å². The fraction of sp³-hybridized carbons (Fsp3) is 0.615. The highest BCUT2D eigenvalue weighted by Crippen LogP contribution is 2.20. The number of unbranched alkanes of at least 4 members (excludes halogenated alkanes) is 1. The lowest BCUT2D eigenvalue weighted by Gasteiger charge is -2.27. The molecule has 2 N–H and O–H groups in total. The average molecular weight is 570 g/mol. The maximum Gasteiger partial charge on any atom is 0.490 e. The van der Waals surface area contributed by atoms with E-state index in [2.05, 4.69) is 18.8 Å². The second kappa shape index (κ2) is 17.7. The molecule has 1 aromatic carbocycles. The number of ether oxygens (including phenoxy) is 4. The number of nitrogens with one attached hydrogen (secondary N) is 1. The van der Waals surface area contributed by atoms with E-state index in [-0.39, 0.29) is 43.0 Å². The van der Waals surface area contributed by atoms with E-state index >= 15 is 0 Å². The maximum atomic E-state index is 14.0. The zero-order chi connectivity index (χ0) is 29.4. The van der Waals surface area contributed by atoms with Crippen LogP contribution in [0.2, 0.25) is 0 Å². The topological polar surface area (TPSA) is 103 Å². The molecule has 0 saturated carbocycles. The highest BCUT2D eigenvalue weighted by Gasteiger charge is 2.38. The van der Waals surface area contributed by atoms with Crippen molar-refractivity contribution in [1.29, 1.82) is 0 Å². The van der Waals surface area contributed by atoms with Crippen molar-refractivity contribution in [3.8, 4) is 0 Å². The van der Waals surface area contributed by atoms with Crippen LogP contribution in [-0.4, -0.2) is 68.4 Å². The summed E-state index contributed by atoms with van der Waals surface area (Å²) in [5.41, 5.74) is 0.904. The van der Waals surface area contributed by atoms with Crippen molar-refractivity contribution in [3.63, 3.8) is 0 Å². The minimum absolute atomic E-state index is 0.00699. The van der Waals surface area contributed by atoms with Crippen LogP contribution in [0.15, 0.2) is 30.5 Å². The van der Waals surface area contributed by atoms with Gasteiger partial charge in [0.1, 0.15) is 24.3 Å². The second-order valence-electron chi connectivity index (χ2n) is 8.79. The van der Waals surface area contributed by atoms with Gasteiger partial charge >= 0.3 is 18.1 Å². The van der Waals surface area contributed by atoms with Crippen LogP contribution < -0.4 is 5.32 Å². The van der Waals surface area contributed by atoms with Gasteiger partial charge in [0.15, 0.2) is 0 Å². The Morgan fingerprint density at radius 1 is 1.26 bits per heavy atom. The number of aliphatic carboxylic acids is 1. The lowest BCUT2D eigenvalue weighted by atomic mass is 10.0. The lowest BCUT2D eigenvalue weighted by Crippen LogP contribution is -2.35. The molecule has 0 unspecified atom stereocenters. The minimum Gasteiger partial charge on any atom is -0.475 e. The van der Waals surface area contributed by atoms with Crippen LogP contribution in [0.4, 0.5) is 22.0 Å². The maximum absolute atomic E-state index is 14.0. The Balaban J connectivity index is 0.000000956. The predicted molar refractivity (Wildman–Crippen MR) is 131 cm³/mol. The molecule has 1 heterocycles. The van der Waals surface area contributed by atoms with Gasteiger partial charge in [-0.1, -0.05) is 32.4 Å². The summed E-state index contributed by atoms with van der Waals surface area (Å²) < 4.78 is 81.2. The van der Waals surface area contributed by atoms with Gasteiger partial charge in [0.2, 0.25) is 0 Å². The van der Waals surface area contributed by atoms with Crippen molar-refractivity contribution in [2.45, 2.75) is 76.5 Å². The fourth-order valence-corrected chi connectivity index (χ4v) is 3.53. The van der Waals surface area contributed by atoms with Crippen LogP contribution in [0.5, 0.6) is 0 Å². The van der Waals surface area contributed by atoms with Crippen molar-refractivity contribution in [1.82, 2.24) is 5.32 Å². The van der Waals surface area contributed by atoms with E-state index < -0.39 is 23.8 Å². The van der Waals surface area contributed by atoms with Gasteiger partial charge in [-0.3, -0.25) is 4.79 Å². The molecule has 0 spiro atoms. The summed E-state index contributed by atoms with van der Waals surface area (Å²) in [6, 6.07) is 3.44. The number of alkyl halides is 3. The number of hydrogen-bond donors (Lipinski definition) is 2. The molecule has 3 atom stereocenters. The van der Waals surface area contributed by atoms with Crippen molar-refractivity contribution < 1.29 is 55.6 Å². The van der Waals surface area contributed by atoms with Crippen molar-refractivity contribution in [2.24, 2.45) is 0 Å². The summed E-state index contributed by atoms with van der Waals surface area (Å²) in [6.07, 6.45) is -1.23. The van der Waals surface area contributed by atoms with Gasteiger partial charge in [0, 0.05) is 37.5 Å². The third-order valence-electron chi connectivity index (χ3n) is 5.62. The molecule has 222 valence electrons. The molecule has 1 aliphatic rings. The molecule has 0 aromatic heterocycles. The SMILES string of the molecule is C=C(C[C@H](OC)[C@@H](CCCC)OCc1ccc(F)cc1F)NCC(=O)O[C@@H]1CCCOC1.O=C(O)C(F)(F)F. The molecule has 1 saturated heterocycles. The smallest absolute Gasteiger partial charge is 0.475 e. The van der Waals surface area contributed by atoms with Gasteiger partial charge in [-0.15, -0.1) is 0 Å². The second-order valence-corrected chi connectivity index (χ2v) is 8.79. The lowest BCUT2D eigenvalue weighted by molar-refractivity contribution is -0.192. The molecule has 2 rings (SSSR count). The molecule has 39 heavy (non-hydrogen) atoms. The van der Waals surface area contributed by atoms with E-state index in [0.717, 1.165) is 38.2 Å². The first-order valence-electron chi connectivity index (χ1n) is 12.4. The van der Waals surface area contributed by atoms with Gasteiger partial charge < -0.3 is 29.4 Å². The van der Waals surface area contributed by atoms with Crippen LogP contribution in [0.25, 0.3) is 0 Å². The van der Waals surface area contributed by atoms with E-state index in [4.69, 9.17) is 28.8 Å². The summed E-state index contributed by atoms with van der Waals surface area (Å²) in [4.78, 5) is 21.0. The van der Waals surface area contributed by atoms with E-state index in [1.807, 2.05) is 0 Å². The number of halogens is 5. The monoisotopic (exact) mass is 569 g/mol. The number of rotatable bonds is 14. The quantitative estimate of drug-likeness (QED) is 0.241. The Kier molecular flexibility index (Phi) is 15.6. The molecule has 0 aliphatic carbocycles. The molecule has 13 heteroatoms. The highest BCUT2D eigenvalue weighted by atomic mass is 19.4. The van der Waals surface area contributed by atoms with Crippen LogP contribution in [0, 0.1) is 11.6 Å². The van der Waals surface area contributed by atoms with Crippen LogP contribution >= 0.6 is 0 Å². The molecule has 0 bridgehead atoms. The number of benzene rings is 1. The molecule has 1 aromatic rings. The molecular formula is C26H36F5NO7. The Morgan fingerprint density at radius 2 is 1.95 bits per heavy atom. The number of carboxylic acids is 1. The third kappa shape index (κ3) is 14.3. The van der Waals surface area contributed by atoms with Gasteiger partial charge in [-0.2, -0.15) is 13.2 Å². The molecule has 0 amide bonds. The summed E-state index contributed by atoms with van der Waals surface area (Å²) in [7, 11) is 1.58. The first-order chi connectivity index (χ1) is 18.4. The molecule has 1 aliphatic heterocycles. The van der Waals surface area contributed by atoms with Gasteiger partial charge in [-0.25, -0.2) is 13.6 Å². The van der Waals surface area contributed by atoms with Crippen molar-refractivity contribution >= 4 is 11.9 Å². The zero-order valence-corrected chi connectivity index (χ0v) is 22.0. The first kappa shape index (κ1) is 34.3. The van der Waals surface area contributed by atoms with Crippen LogP contribution in [0.3, 0.4) is 0 Å². The number of carbonyl (C=O) groups excluding carboxylic acids is 1. The Labute approximate surface area is 224 Å². The number of hydrogen-bond acceptors (Lipinski definition) is 7. The number of esters is 1. The molecule has 0 radical (unpaired) electrons. The van der Waals surface area contributed by atoms with Crippen LogP contribution in [0.1, 0.15) is 51.0 Å². The summed E-state index contributed by atoms with van der Waals surface area (Å²) >= 11 is 0. The summed E-state index contributed by atoms with van der Waals surface area (Å²) in [5, 5.41) is 10.1. The standard InChI is InChI=1S/C24H35F2NO5.C2HF3O2/c1-4-5-8-22(31-15-18-9-10-19(25)13-21(18)26)23(29-3)12-17(2)27-14-24(28)32-20-7-6-11-30-16-20;3-2(4,5)1(6)7/h9-10,13,20,22-23,27H,2,4-8,11-12,14-16H2,1,3H3;(H,6,7)/t20-,22-,23+;/m1./s1. The normalized spacial score (nSPS) is 16.8. The minimum atomic E-state index is -5.08. The molecule has 8 nitrogen and oxygen atoms in total. The number of carbonyl (C=O) groups is 2. The largest absolute Gasteiger partial charge is 0.490 e. The van der Waals surface area contributed by atoms with Gasteiger partial charge in [0.05, 0.1) is 25.4 Å². The van der Waals surface area contributed by atoms with Gasteiger partial charge in [-0.05, 0) is 25.3 Å². The predicted octanol–water partition coefficient (Wildman–Crippen LogP) is 4.90.